The summed E-state index contributed by atoms with van der Waals surface area (Å²) in [5, 5.41) is 3.16. The van der Waals surface area contributed by atoms with Crippen LogP contribution in [-0.4, -0.2) is 32.5 Å². The number of rotatable bonds is 3. The molecule has 4 rings (SSSR count). The smallest absolute Gasteiger partial charge is 0.253 e. The fourth-order valence-electron chi connectivity index (χ4n) is 3.45. The van der Waals surface area contributed by atoms with Crippen LogP contribution in [0.25, 0.3) is 33.5 Å². The summed E-state index contributed by atoms with van der Waals surface area (Å²) in [4.78, 5) is 23.8. The second-order valence-corrected chi connectivity index (χ2v) is 6.97. The minimum Gasteiger partial charge on any atom is -0.382 e. The first-order chi connectivity index (χ1) is 14.8. The van der Waals surface area contributed by atoms with Gasteiger partial charge in [0.1, 0.15) is 17.5 Å². The average molecular weight is 423 g/mol. The van der Waals surface area contributed by atoms with Gasteiger partial charge in [0.15, 0.2) is 0 Å². The number of fused-ring (bicyclic) bond motifs is 1. The van der Waals surface area contributed by atoms with Gasteiger partial charge in [-0.2, -0.15) is 0 Å². The Kier molecular flexibility index (Phi) is 6.10. The zero-order chi connectivity index (χ0) is 22.9. The molecule has 0 radical (unpaired) electrons. The summed E-state index contributed by atoms with van der Waals surface area (Å²) in [6.07, 6.45) is 1.42. The predicted molar refractivity (Wildman–Crippen MR) is 122 cm³/mol. The van der Waals surface area contributed by atoms with Crippen LogP contribution < -0.4 is 11.1 Å². The molecule has 7 nitrogen and oxygen atoms in total. The zero-order valence-electron chi connectivity index (χ0n) is 18.6. The highest BCUT2D eigenvalue weighted by molar-refractivity contribution is 6.09. The van der Waals surface area contributed by atoms with Crippen molar-refractivity contribution in [3.05, 3.63) is 53.2 Å². The summed E-state index contributed by atoms with van der Waals surface area (Å²) >= 11 is 0. The van der Waals surface area contributed by atoms with Crippen molar-refractivity contribution in [2.45, 2.75) is 27.7 Å². The third-order valence-electron chi connectivity index (χ3n) is 5.30. The molecule has 3 heterocycles. The van der Waals surface area contributed by atoms with E-state index in [1.54, 1.807) is 12.1 Å². The number of H-pyrrole nitrogens is 1. The molecule has 3 aromatic heterocycles. The number of aromatic nitrogens is 4. The second-order valence-electron chi connectivity index (χ2n) is 6.97. The second kappa shape index (κ2) is 8.59. The van der Waals surface area contributed by atoms with Crippen molar-refractivity contribution in [1.82, 2.24) is 24.8 Å². The van der Waals surface area contributed by atoms with E-state index in [1.165, 1.54) is 19.3 Å². The Balaban J connectivity index is 0.00000132. The van der Waals surface area contributed by atoms with Crippen LogP contribution in [0.15, 0.2) is 30.5 Å². The van der Waals surface area contributed by atoms with Crippen molar-refractivity contribution in [2.24, 2.45) is 7.05 Å². The van der Waals surface area contributed by atoms with E-state index in [0.717, 1.165) is 11.4 Å². The van der Waals surface area contributed by atoms with Crippen LogP contribution in [0.4, 0.5) is 10.2 Å². The molecule has 0 spiro atoms. The lowest BCUT2D eigenvalue weighted by Crippen LogP contribution is -2.18. The summed E-state index contributed by atoms with van der Waals surface area (Å²) in [5.74, 6) is 0.261. The van der Waals surface area contributed by atoms with E-state index in [-0.39, 0.29) is 11.7 Å². The van der Waals surface area contributed by atoms with Crippen LogP contribution in [0, 0.1) is 19.7 Å². The van der Waals surface area contributed by atoms with Gasteiger partial charge in [-0.1, -0.05) is 19.9 Å². The number of nitrogens with two attached hydrogens (primary N) is 1. The van der Waals surface area contributed by atoms with Crippen molar-refractivity contribution >= 4 is 22.6 Å². The SMILES string of the molecule is CC.CNC(=O)c1cnc(N)c2[nH]c(-c3ccc(-c4nc(C)c(C)n4C)cc3F)cc12. The highest BCUT2D eigenvalue weighted by Crippen LogP contribution is 2.32. The molecular formula is C23H27FN6O. The maximum atomic E-state index is 15.0. The van der Waals surface area contributed by atoms with Gasteiger partial charge < -0.3 is 20.6 Å². The molecule has 8 heteroatoms. The average Bonchev–Trinajstić information content (AvgIpc) is 3.33. The van der Waals surface area contributed by atoms with Gasteiger partial charge in [-0.15, -0.1) is 0 Å². The number of halogens is 1. The van der Waals surface area contributed by atoms with Crippen LogP contribution >= 0.6 is 0 Å². The Labute approximate surface area is 180 Å². The monoisotopic (exact) mass is 422 g/mol. The number of carbonyl (C=O) groups excluding carboxylic acids is 1. The molecule has 0 atom stereocenters. The number of hydrogen-bond donors (Lipinski definition) is 3. The lowest BCUT2D eigenvalue weighted by molar-refractivity contribution is 0.0964. The number of pyridine rings is 1. The van der Waals surface area contributed by atoms with Crippen molar-refractivity contribution in [3.63, 3.8) is 0 Å². The standard InChI is InChI=1S/C21H21FN6O.C2H6/c1-10-11(2)28(4)20(26-10)12-5-6-13(16(22)7-12)17-8-14-15(21(29)24-3)9-25-19(23)18(14)27-17;1-2/h5-9,27H,1-4H3,(H2,23,25)(H,24,29);1-2H3. The van der Waals surface area contributed by atoms with Crippen LogP contribution in [0.3, 0.4) is 0 Å². The van der Waals surface area contributed by atoms with Crippen LogP contribution in [-0.2, 0) is 7.05 Å². The number of carbonyl (C=O) groups is 1. The van der Waals surface area contributed by atoms with Crippen LogP contribution in [0.1, 0.15) is 35.6 Å². The van der Waals surface area contributed by atoms with E-state index in [4.69, 9.17) is 5.73 Å². The highest BCUT2D eigenvalue weighted by atomic mass is 19.1. The van der Waals surface area contributed by atoms with E-state index in [2.05, 4.69) is 20.3 Å². The summed E-state index contributed by atoms with van der Waals surface area (Å²) in [7, 11) is 3.45. The molecule has 0 saturated heterocycles. The van der Waals surface area contributed by atoms with Gasteiger partial charge in [0.25, 0.3) is 5.91 Å². The molecule has 1 amide bonds. The van der Waals surface area contributed by atoms with Gasteiger partial charge in [-0.3, -0.25) is 4.79 Å². The van der Waals surface area contributed by atoms with Crippen molar-refractivity contribution in [1.29, 1.82) is 0 Å². The number of nitrogens with one attached hydrogen (secondary N) is 2. The minimum atomic E-state index is -0.402. The number of hydrogen-bond acceptors (Lipinski definition) is 4. The van der Waals surface area contributed by atoms with Crippen molar-refractivity contribution < 1.29 is 9.18 Å². The minimum absolute atomic E-state index is 0.245. The van der Waals surface area contributed by atoms with Gasteiger partial charge in [0.05, 0.1) is 16.8 Å². The topological polar surface area (TPSA) is 102 Å². The summed E-state index contributed by atoms with van der Waals surface area (Å²) in [6, 6.07) is 6.69. The predicted octanol–water partition coefficient (Wildman–Crippen LogP) is 4.35. The summed E-state index contributed by atoms with van der Waals surface area (Å²) in [6.45, 7) is 7.90. The molecule has 0 fully saturated rings. The van der Waals surface area contributed by atoms with Crippen LogP contribution in [0.5, 0.6) is 0 Å². The van der Waals surface area contributed by atoms with Crippen LogP contribution in [0.2, 0.25) is 0 Å². The van der Waals surface area contributed by atoms with E-state index >= 15 is 4.39 Å². The number of aryl methyl sites for hydroxylation is 1. The molecule has 0 aliphatic carbocycles. The van der Waals surface area contributed by atoms with E-state index in [1.807, 2.05) is 45.4 Å². The highest BCUT2D eigenvalue weighted by Gasteiger charge is 2.18. The molecule has 0 bridgehead atoms. The van der Waals surface area contributed by atoms with Gasteiger partial charge in [0, 0.05) is 48.2 Å². The molecule has 1 aromatic carbocycles. The molecule has 4 N–H and O–H groups in total. The molecule has 0 aliphatic rings. The Hall–Kier alpha value is -3.68. The number of imidazole rings is 1. The Morgan fingerprint density at radius 2 is 1.94 bits per heavy atom. The number of benzene rings is 1. The molecular weight excluding hydrogens is 395 g/mol. The summed E-state index contributed by atoms with van der Waals surface area (Å²) in [5.41, 5.74) is 10.3. The lowest BCUT2D eigenvalue weighted by Gasteiger charge is -2.06. The fraction of sp³-hybridized carbons (Fsp3) is 0.261. The van der Waals surface area contributed by atoms with E-state index in [9.17, 15) is 4.79 Å². The first-order valence-corrected chi connectivity index (χ1v) is 10.1. The molecule has 162 valence electrons. The first kappa shape index (κ1) is 22.0. The van der Waals surface area contributed by atoms with E-state index in [0.29, 0.717) is 39.1 Å². The number of amides is 1. The fourth-order valence-corrected chi connectivity index (χ4v) is 3.45. The third-order valence-corrected chi connectivity index (χ3v) is 5.30. The van der Waals surface area contributed by atoms with Crippen molar-refractivity contribution in [2.75, 3.05) is 12.8 Å². The van der Waals surface area contributed by atoms with Gasteiger partial charge in [-0.05, 0) is 32.0 Å². The summed E-state index contributed by atoms with van der Waals surface area (Å²) < 4.78 is 17.0. The van der Waals surface area contributed by atoms with Gasteiger partial charge in [0.2, 0.25) is 0 Å². The van der Waals surface area contributed by atoms with E-state index < -0.39 is 5.82 Å². The molecule has 0 unspecified atom stereocenters. The Bertz CT molecular complexity index is 1270. The number of nitrogens with zero attached hydrogens (tertiary/aromatic N) is 3. The molecule has 0 saturated carbocycles. The normalized spacial score (nSPS) is 10.7. The lowest BCUT2D eigenvalue weighted by atomic mass is 10.1. The van der Waals surface area contributed by atoms with Crippen molar-refractivity contribution in [3.8, 4) is 22.6 Å². The first-order valence-electron chi connectivity index (χ1n) is 10.1. The Morgan fingerprint density at radius 1 is 1.23 bits per heavy atom. The largest absolute Gasteiger partial charge is 0.382 e. The number of anilines is 1. The van der Waals surface area contributed by atoms with Gasteiger partial charge >= 0.3 is 0 Å². The zero-order valence-corrected chi connectivity index (χ0v) is 18.6. The molecule has 4 aromatic rings. The quantitative estimate of drug-likeness (QED) is 0.457. The Morgan fingerprint density at radius 3 is 2.52 bits per heavy atom. The number of aromatic amines is 1. The third kappa shape index (κ3) is 3.76. The van der Waals surface area contributed by atoms with Gasteiger partial charge in [-0.25, -0.2) is 14.4 Å². The molecule has 0 aliphatic heterocycles. The number of nitrogen functional groups attached to an aromatic ring is 1. The maximum Gasteiger partial charge on any atom is 0.253 e. The maximum absolute atomic E-state index is 15.0. The molecule has 31 heavy (non-hydrogen) atoms.